The molecule has 1 saturated carbocycles. The van der Waals surface area contributed by atoms with Gasteiger partial charge in [-0.3, -0.25) is 4.79 Å². The second-order valence-corrected chi connectivity index (χ2v) is 8.17. The van der Waals surface area contributed by atoms with E-state index >= 15 is 0 Å². The number of rotatable bonds is 11. The van der Waals surface area contributed by atoms with Crippen molar-refractivity contribution >= 4 is 17.8 Å². The first kappa shape index (κ1) is 27.3. The van der Waals surface area contributed by atoms with Crippen molar-refractivity contribution in [2.75, 3.05) is 7.11 Å². The quantitative estimate of drug-likeness (QED) is 0.198. The van der Waals surface area contributed by atoms with Gasteiger partial charge in [0.2, 0.25) is 0 Å². The molecule has 0 N–H and O–H groups in total. The van der Waals surface area contributed by atoms with Crippen molar-refractivity contribution in [1.82, 2.24) is 0 Å². The maximum atomic E-state index is 12.2. The summed E-state index contributed by atoms with van der Waals surface area (Å²) in [5.41, 5.74) is 2.86. The van der Waals surface area contributed by atoms with Crippen molar-refractivity contribution < 1.29 is 19.1 Å². The van der Waals surface area contributed by atoms with Gasteiger partial charge in [-0.2, -0.15) is 0 Å². The molecule has 0 aromatic heterocycles. The van der Waals surface area contributed by atoms with Crippen LogP contribution in [0.25, 0.3) is 6.08 Å². The Balaban J connectivity index is 0.000000328. The zero-order valence-corrected chi connectivity index (χ0v) is 20.6. The highest BCUT2D eigenvalue weighted by atomic mass is 16.5. The van der Waals surface area contributed by atoms with E-state index in [2.05, 4.69) is 13.2 Å². The summed E-state index contributed by atoms with van der Waals surface area (Å²) >= 11 is 0. The minimum absolute atomic E-state index is 0.0776. The van der Waals surface area contributed by atoms with E-state index in [9.17, 15) is 9.59 Å². The van der Waals surface area contributed by atoms with Gasteiger partial charge in [-0.05, 0) is 60.2 Å². The van der Waals surface area contributed by atoms with E-state index in [0.29, 0.717) is 5.92 Å². The lowest BCUT2D eigenvalue weighted by atomic mass is 10.0. The van der Waals surface area contributed by atoms with E-state index in [1.54, 1.807) is 44.4 Å². The Kier molecular flexibility index (Phi) is 11.8. The van der Waals surface area contributed by atoms with Crippen LogP contribution in [-0.4, -0.2) is 18.9 Å². The number of benzene rings is 2. The topological polar surface area (TPSA) is 52.6 Å². The number of ether oxygens (including phenoxy) is 2. The summed E-state index contributed by atoms with van der Waals surface area (Å²) in [5.74, 6) is 1.17. The Bertz CT molecular complexity index is 1050. The van der Waals surface area contributed by atoms with E-state index in [-0.39, 0.29) is 17.9 Å². The summed E-state index contributed by atoms with van der Waals surface area (Å²) in [6.45, 7) is 8.87. The van der Waals surface area contributed by atoms with Crippen LogP contribution in [0, 0.1) is 5.92 Å². The molecule has 2 aromatic rings. The third kappa shape index (κ3) is 11.2. The third-order valence-electron chi connectivity index (χ3n) is 5.26. The van der Waals surface area contributed by atoms with Crippen LogP contribution >= 0.6 is 0 Å². The molecule has 1 aliphatic rings. The first-order valence-corrected chi connectivity index (χ1v) is 11.7. The van der Waals surface area contributed by atoms with Crippen LogP contribution < -0.4 is 4.74 Å². The fraction of sp³-hybridized carbons (Fsp3) is 0.226. The van der Waals surface area contributed by atoms with Crippen LogP contribution in [0.15, 0.2) is 110 Å². The normalized spacial score (nSPS) is 14.1. The van der Waals surface area contributed by atoms with Gasteiger partial charge >= 0.3 is 5.97 Å². The third-order valence-corrected chi connectivity index (χ3v) is 5.26. The summed E-state index contributed by atoms with van der Waals surface area (Å²) in [7, 11) is 1.63. The molecule has 182 valence electrons. The number of allylic oxidation sites excluding steroid dienone is 6. The fourth-order valence-corrected chi connectivity index (χ4v) is 3.18. The van der Waals surface area contributed by atoms with Gasteiger partial charge in [-0.15, -0.1) is 0 Å². The maximum Gasteiger partial charge on any atom is 0.331 e. The average molecular weight is 471 g/mol. The molecule has 0 bridgehead atoms. The molecule has 4 heteroatoms. The monoisotopic (exact) mass is 470 g/mol. The molecule has 0 radical (unpaired) electrons. The van der Waals surface area contributed by atoms with Crippen molar-refractivity contribution in [1.29, 1.82) is 0 Å². The van der Waals surface area contributed by atoms with Crippen LogP contribution in [-0.2, 0) is 14.3 Å². The minimum Gasteiger partial charge on any atom is -0.497 e. The zero-order valence-electron chi connectivity index (χ0n) is 20.6. The fourth-order valence-electron chi connectivity index (χ4n) is 3.18. The lowest BCUT2D eigenvalue weighted by molar-refractivity contribution is -0.144. The Labute approximate surface area is 209 Å². The minimum atomic E-state index is -0.353. The van der Waals surface area contributed by atoms with Crippen molar-refractivity contribution in [2.45, 2.75) is 32.3 Å². The van der Waals surface area contributed by atoms with Gasteiger partial charge in [0.15, 0.2) is 5.78 Å². The summed E-state index contributed by atoms with van der Waals surface area (Å²) in [6.07, 6.45) is 14.6. The molecule has 1 unspecified atom stereocenters. The number of methoxy groups -OCH3 is 1. The highest BCUT2D eigenvalue weighted by Gasteiger charge is 2.28. The average Bonchev–Trinajstić information content (AvgIpc) is 3.70. The maximum absolute atomic E-state index is 12.2. The second kappa shape index (κ2) is 15.1. The van der Waals surface area contributed by atoms with Gasteiger partial charge in [-0.1, -0.05) is 92.8 Å². The summed E-state index contributed by atoms with van der Waals surface area (Å²) < 4.78 is 10.9. The van der Waals surface area contributed by atoms with Crippen LogP contribution in [0.4, 0.5) is 0 Å². The molecule has 0 amide bonds. The highest BCUT2D eigenvalue weighted by Crippen LogP contribution is 2.39. The first-order chi connectivity index (χ1) is 16.9. The zero-order chi connectivity index (χ0) is 25.5. The summed E-state index contributed by atoms with van der Waals surface area (Å²) in [4.78, 5) is 22.7. The Hall–Kier alpha value is -3.92. The van der Waals surface area contributed by atoms with Gasteiger partial charge in [0.05, 0.1) is 7.11 Å². The van der Waals surface area contributed by atoms with Crippen LogP contribution in [0.3, 0.4) is 0 Å². The number of esters is 1. The summed E-state index contributed by atoms with van der Waals surface area (Å²) in [6, 6.07) is 17.4. The smallest absolute Gasteiger partial charge is 0.331 e. The van der Waals surface area contributed by atoms with Gasteiger partial charge in [0.1, 0.15) is 11.9 Å². The largest absolute Gasteiger partial charge is 0.497 e. The Morgan fingerprint density at radius 3 is 2.23 bits per heavy atom. The molecule has 0 spiro atoms. The molecule has 1 atom stereocenters. The lowest BCUT2D eigenvalue weighted by Crippen LogP contribution is -2.10. The van der Waals surface area contributed by atoms with Crippen LogP contribution in [0.1, 0.15) is 43.4 Å². The molecule has 35 heavy (non-hydrogen) atoms. The van der Waals surface area contributed by atoms with E-state index in [1.807, 2.05) is 60.7 Å². The molecule has 0 saturated heterocycles. The molecule has 0 heterocycles. The van der Waals surface area contributed by atoms with Crippen molar-refractivity contribution in [3.05, 3.63) is 121 Å². The highest BCUT2D eigenvalue weighted by molar-refractivity contribution is 5.91. The summed E-state index contributed by atoms with van der Waals surface area (Å²) in [5, 5.41) is 0. The number of ketones is 1. The van der Waals surface area contributed by atoms with Gasteiger partial charge < -0.3 is 9.47 Å². The Morgan fingerprint density at radius 2 is 1.69 bits per heavy atom. The molecule has 2 aromatic carbocycles. The van der Waals surface area contributed by atoms with E-state index < -0.39 is 0 Å². The van der Waals surface area contributed by atoms with E-state index in [4.69, 9.17) is 9.47 Å². The molecule has 1 fully saturated rings. The number of hydrogen-bond donors (Lipinski definition) is 0. The molecular weight excluding hydrogens is 436 g/mol. The molecule has 0 aliphatic heterocycles. The van der Waals surface area contributed by atoms with E-state index in [1.165, 1.54) is 18.9 Å². The van der Waals surface area contributed by atoms with Crippen molar-refractivity contribution in [2.24, 2.45) is 5.92 Å². The second-order valence-electron chi connectivity index (χ2n) is 8.17. The first-order valence-electron chi connectivity index (χ1n) is 11.7. The number of hydrogen-bond acceptors (Lipinski definition) is 4. The standard InChI is InChI=1S/C21H24O3.C10H10O/c1-4-6-16(5-2)9-14-21(22)24-20(15-17-7-8-17)18-10-12-19(23-3)13-11-18;1-9(11)7-8-10-5-3-2-4-6-10/h4-6,9-14,17,20H,1-2,7-8,15H2,3H3;2-8H,1H3/b14-9+,16-6+;8-7+. The molecule has 4 nitrogen and oxygen atoms in total. The van der Waals surface area contributed by atoms with Gasteiger partial charge in [0.25, 0.3) is 0 Å². The lowest BCUT2D eigenvalue weighted by Gasteiger charge is -2.17. The van der Waals surface area contributed by atoms with E-state index in [0.717, 1.165) is 28.9 Å². The predicted molar refractivity (Wildman–Crippen MR) is 143 cm³/mol. The van der Waals surface area contributed by atoms with Crippen molar-refractivity contribution in [3.63, 3.8) is 0 Å². The predicted octanol–water partition coefficient (Wildman–Crippen LogP) is 7.22. The van der Waals surface area contributed by atoms with Crippen LogP contribution in [0.5, 0.6) is 5.75 Å². The van der Waals surface area contributed by atoms with Crippen LogP contribution in [0.2, 0.25) is 0 Å². The van der Waals surface area contributed by atoms with Gasteiger partial charge in [-0.25, -0.2) is 4.79 Å². The Morgan fingerprint density at radius 1 is 1.00 bits per heavy atom. The molecule has 3 rings (SSSR count). The number of carbonyl (C=O) groups excluding carboxylic acids is 2. The number of carbonyl (C=O) groups is 2. The SMILES string of the molecule is C=C/C=C(C=C)/C=C/C(=O)OC(CC1CC1)c1ccc(OC)cc1.CC(=O)/C=C/c1ccccc1. The molecular formula is C31H34O4. The molecule has 1 aliphatic carbocycles. The van der Waals surface area contributed by atoms with Gasteiger partial charge in [0, 0.05) is 6.08 Å². The van der Waals surface area contributed by atoms with Crippen molar-refractivity contribution in [3.8, 4) is 5.75 Å².